The van der Waals surface area contributed by atoms with Crippen LogP contribution in [0.2, 0.25) is 0 Å². The van der Waals surface area contributed by atoms with Crippen LogP contribution in [-0.2, 0) is 6.54 Å². The van der Waals surface area contributed by atoms with Gasteiger partial charge in [0, 0.05) is 44.4 Å². The second kappa shape index (κ2) is 14.0. The summed E-state index contributed by atoms with van der Waals surface area (Å²) in [4.78, 5) is 12.3. The largest absolute Gasteiger partial charge is 0.383 e. The van der Waals surface area contributed by atoms with Crippen molar-refractivity contribution in [1.82, 2.24) is 4.57 Å². The van der Waals surface area contributed by atoms with Gasteiger partial charge in [-0.25, -0.2) is 4.99 Å². The van der Waals surface area contributed by atoms with Gasteiger partial charge in [0.1, 0.15) is 5.84 Å². The quantitative estimate of drug-likeness (QED) is 0.137. The number of anilines is 3. The molecule has 5 heteroatoms. The third-order valence-corrected chi connectivity index (χ3v) is 10.6. The first-order valence-electron chi connectivity index (χ1n) is 18.9. The monoisotopic (exact) mass is 719 g/mol. The minimum Gasteiger partial charge on any atom is -0.383 e. The fraction of sp³-hybridized carbons (Fsp3) is 0.0196. The van der Waals surface area contributed by atoms with Gasteiger partial charge >= 0.3 is 0 Å². The molecule has 0 amide bonds. The lowest BCUT2D eigenvalue weighted by atomic mass is 9.92. The van der Waals surface area contributed by atoms with E-state index >= 15 is 0 Å². The van der Waals surface area contributed by atoms with E-state index < -0.39 is 0 Å². The molecule has 266 valence electrons. The van der Waals surface area contributed by atoms with Crippen molar-refractivity contribution in [2.24, 2.45) is 15.7 Å². The van der Waals surface area contributed by atoms with Gasteiger partial charge < -0.3 is 15.2 Å². The summed E-state index contributed by atoms with van der Waals surface area (Å²) in [5.74, 6) is 1.02. The molecule has 2 N–H and O–H groups in total. The van der Waals surface area contributed by atoms with Crippen LogP contribution in [0.4, 0.5) is 17.1 Å². The normalized spacial score (nSPS) is 12.6. The van der Waals surface area contributed by atoms with Crippen molar-refractivity contribution >= 4 is 50.5 Å². The maximum Gasteiger partial charge on any atom is 0.157 e. The lowest BCUT2D eigenvalue weighted by Crippen LogP contribution is -2.16. The van der Waals surface area contributed by atoms with Gasteiger partial charge in [0.25, 0.3) is 0 Å². The number of rotatable bonds is 6. The van der Waals surface area contributed by atoms with E-state index in [-0.39, 0.29) is 0 Å². The molecule has 0 fully saturated rings. The van der Waals surface area contributed by atoms with E-state index in [0.29, 0.717) is 18.2 Å². The minimum atomic E-state index is 0.428. The lowest BCUT2D eigenvalue weighted by molar-refractivity contribution is 1.06. The molecule has 9 aromatic rings. The number of hydrogen-bond donors (Lipinski definition) is 1. The van der Waals surface area contributed by atoms with Crippen molar-refractivity contribution in [2.75, 3.05) is 4.90 Å². The maximum absolute atomic E-state index is 6.57. The average molecular weight is 720 g/mol. The Hall–Kier alpha value is -7.50. The second-order valence-electron chi connectivity index (χ2n) is 14.0. The van der Waals surface area contributed by atoms with E-state index in [9.17, 15) is 0 Å². The van der Waals surface area contributed by atoms with Gasteiger partial charge in [0.05, 0.1) is 29.0 Å². The summed E-state index contributed by atoms with van der Waals surface area (Å²) < 4.78 is 2.38. The Kier molecular flexibility index (Phi) is 8.30. The van der Waals surface area contributed by atoms with Gasteiger partial charge in [-0.05, 0) is 83.4 Å². The summed E-state index contributed by atoms with van der Waals surface area (Å²) >= 11 is 0. The summed E-state index contributed by atoms with van der Waals surface area (Å²) in [5.41, 5.74) is 21.0. The Morgan fingerprint density at radius 3 is 1.71 bits per heavy atom. The molecule has 0 saturated carbocycles. The van der Waals surface area contributed by atoms with E-state index in [1.165, 1.54) is 33.0 Å². The highest BCUT2D eigenvalue weighted by Gasteiger charge is 2.27. The Balaban J connectivity index is 1.14. The molecule has 0 saturated heterocycles. The number of hydrogen-bond acceptors (Lipinski definition) is 2. The zero-order valence-electron chi connectivity index (χ0n) is 30.6. The van der Waals surface area contributed by atoms with E-state index in [1.807, 2.05) is 48.5 Å². The van der Waals surface area contributed by atoms with Crippen molar-refractivity contribution in [3.63, 3.8) is 0 Å². The minimum absolute atomic E-state index is 0.428. The zero-order valence-corrected chi connectivity index (χ0v) is 30.6. The van der Waals surface area contributed by atoms with Crippen LogP contribution in [0.25, 0.3) is 49.7 Å². The number of nitrogens with zero attached hydrogens (tertiary/aromatic N) is 4. The number of para-hydroxylation sites is 4. The van der Waals surface area contributed by atoms with E-state index in [0.717, 1.165) is 50.5 Å². The van der Waals surface area contributed by atoms with Crippen molar-refractivity contribution in [3.8, 4) is 27.9 Å². The fourth-order valence-electron chi connectivity index (χ4n) is 8.00. The predicted octanol–water partition coefficient (Wildman–Crippen LogP) is 12.3. The predicted molar refractivity (Wildman–Crippen MR) is 234 cm³/mol. The highest BCUT2D eigenvalue weighted by molar-refractivity contribution is 6.15. The number of nitrogens with two attached hydrogens (primary N) is 1. The molecular formula is C51H37N5. The molecule has 0 atom stereocenters. The first kappa shape index (κ1) is 33.1. The molecule has 8 aromatic carbocycles. The molecule has 0 radical (unpaired) electrons. The summed E-state index contributed by atoms with van der Waals surface area (Å²) in [6.07, 6.45) is 0. The molecule has 1 aliphatic heterocycles. The molecule has 0 unspecified atom stereocenters. The van der Waals surface area contributed by atoms with Gasteiger partial charge in [-0.3, -0.25) is 4.99 Å². The standard InChI is InChI=1S/C51H37N5/c52-50(36-18-6-2-7-19-36)54-51(53-34-35-16-4-1-5-17-35)37-28-30-39(31-29-37)56-48-27-15-12-24-42(48)45-32-43-40-22-10-13-25-46(40)55(38-20-8-3-9-21-38)47-26-14-11-23-41(47)44(43)33-49(45)56/h1-33H,34H2,(H2,52,53,54). The highest BCUT2D eigenvalue weighted by Crippen LogP contribution is 2.52. The van der Waals surface area contributed by atoms with Crippen molar-refractivity contribution in [3.05, 3.63) is 217 Å². The molecule has 1 aliphatic rings. The number of aliphatic imine (C=N–C) groups is 2. The highest BCUT2D eigenvalue weighted by atomic mass is 15.1. The fourth-order valence-corrected chi connectivity index (χ4v) is 8.00. The van der Waals surface area contributed by atoms with Gasteiger partial charge in [0.15, 0.2) is 5.84 Å². The number of benzene rings is 8. The smallest absolute Gasteiger partial charge is 0.157 e. The van der Waals surface area contributed by atoms with Crippen LogP contribution in [-0.4, -0.2) is 16.2 Å². The van der Waals surface area contributed by atoms with Crippen LogP contribution >= 0.6 is 0 Å². The molecule has 0 bridgehead atoms. The number of amidine groups is 2. The Morgan fingerprint density at radius 1 is 0.446 bits per heavy atom. The zero-order chi connectivity index (χ0) is 37.4. The summed E-state index contributed by atoms with van der Waals surface area (Å²) in [7, 11) is 0. The maximum atomic E-state index is 6.57. The summed E-state index contributed by atoms with van der Waals surface area (Å²) in [6.45, 7) is 0.494. The molecule has 2 heterocycles. The lowest BCUT2D eigenvalue weighted by Gasteiger charge is -2.27. The van der Waals surface area contributed by atoms with Crippen molar-refractivity contribution in [1.29, 1.82) is 0 Å². The Bertz CT molecular complexity index is 2930. The second-order valence-corrected chi connectivity index (χ2v) is 14.0. The number of fused-ring (bicyclic) bond motifs is 8. The molecule has 0 aliphatic carbocycles. The molecule has 1 aromatic heterocycles. The Morgan fingerprint density at radius 2 is 1.02 bits per heavy atom. The van der Waals surface area contributed by atoms with Crippen molar-refractivity contribution < 1.29 is 0 Å². The van der Waals surface area contributed by atoms with Crippen LogP contribution in [0, 0.1) is 0 Å². The topological polar surface area (TPSA) is 58.9 Å². The van der Waals surface area contributed by atoms with Crippen LogP contribution in [0.3, 0.4) is 0 Å². The van der Waals surface area contributed by atoms with Crippen LogP contribution in [0.15, 0.2) is 210 Å². The van der Waals surface area contributed by atoms with Gasteiger partial charge in [-0.2, -0.15) is 0 Å². The van der Waals surface area contributed by atoms with Gasteiger partial charge in [0.2, 0.25) is 0 Å². The summed E-state index contributed by atoms with van der Waals surface area (Å²) in [5, 5.41) is 2.41. The van der Waals surface area contributed by atoms with Crippen LogP contribution in [0.1, 0.15) is 16.7 Å². The molecule has 0 spiro atoms. The van der Waals surface area contributed by atoms with E-state index in [2.05, 4.69) is 161 Å². The van der Waals surface area contributed by atoms with Crippen molar-refractivity contribution in [2.45, 2.75) is 6.54 Å². The van der Waals surface area contributed by atoms with E-state index in [4.69, 9.17) is 15.7 Å². The van der Waals surface area contributed by atoms with E-state index in [1.54, 1.807) is 0 Å². The van der Waals surface area contributed by atoms with Crippen LogP contribution < -0.4 is 10.6 Å². The Labute approximate surface area is 326 Å². The van der Waals surface area contributed by atoms with Gasteiger partial charge in [-0.1, -0.05) is 133 Å². The molecular weight excluding hydrogens is 683 g/mol. The van der Waals surface area contributed by atoms with Crippen LogP contribution in [0.5, 0.6) is 0 Å². The first-order chi connectivity index (χ1) is 27.7. The third-order valence-electron chi connectivity index (χ3n) is 10.6. The van der Waals surface area contributed by atoms with Gasteiger partial charge in [-0.15, -0.1) is 0 Å². The average Bonchev–Trinajstić information content (AvgIpc) is 3.53. The molecule has 56 heavy (non-hydrogen) atoms. The molecule has 10 rings (SSSR count). The number of aromatic nitrogens is 1. The summed E-state index contributed by atoms with van der Waals surface area (Å²) in [6, 6.07) is 70.3. The first-order valence-corrected chi connectivity index (χ1v) is 18.9. The SMILES string of the molecule is NC(=NC(=NCc1ccccc1)c1ccc(-n2c3ccccc3c3cc4c(cc32)-c2ccccc2N(c2ccccc2)c2ccccc2-4)cc1)c1ccccc1. The molecule has 5 nitrogen and oxygen atoms in total. The third kappa shape index (κ3) is 5.83.